The molecule has 1 heterocycles. The van der Waals surface area contributed by atoms with Crippen LogP contribution in [0, 0.1) is 5.92 Å². The number of pyridine rings is 1. The number of nitrogens with zero attached hydrogens (tertiary/aromatic N) is 1. The van der Waals surface area contributed by atoms with Crippen molar-refractivity contribution in [3.8, 4) is 0 Å². The van der Waals surface area contributed by atoms with Crippen LogP contribution in [0.15, 0.2) is 12.1 Å². The molecule has 1 aromatic rings. The predicted molar refractivity (Wildman–Crippen MR) is 66.1 cm³/mol. The highest BCUT2D eigenvalue weighted by Gasteiger charge is 2.13. The Morgan fingerprint density at radius 1 is 1.28 bits per heavy atom. The number of hydrogen-bond acceptors (Lipinski definition) is 4. The highest BCUT2D eigenvalue weighted by Crippen LogP contribution is 2.13. The Kier molecular flexibility index (Phi) is 4.65. The molecule has 0 spiro atoms. The highest BCUT2D eigenvalue weighted by atomic mass is 16.4. The van der Waals surface area contributed by atoms with Crippen LogP contribution in [0.25, 0.3) is 0 Å². The average molecular weight is 252 g/mol. The highest BCUT2D eigenvalue weighted by molar-refractivity contribution is 5.91. The molecule has 0 saturated heterocycles. The van der Waals surface area contributed by atoms with Gasteiger partial charge < -0.3 is 15.5 Å². The maximum atomic E-state index is 10.8. The van der Waals surface area contributed by atoms with Crippen molar-refractivity contribution >= 4 is 17.6 Å². The summed E-state index contributed by atoms with van der Waals surface area (Å²) in [6, 6.07) is 2.66. The lowest BCUT2D eigenvalue weighted by atomic mass is 10.1. The molecule has 1 aromatic heterocycles. The fourth-order valence-corrected chi connectivity index (χ4v) is 1.29. The van der Waals surface area contributed by atoms with Gasteiger partial charge in [-0.2, -0.15) is 0 Å². The molecule has 0 bridgehead atoms. The molecule has 0 radical (unpaired) electrons. The van der Waals surface area contributed by atoms with Crippen LogP contribution >= 0.6 is 0 Å². The van der Waals surface area contributed by atoms with E-state index >= 15 is 0 Å². The van der Waals surface area contributed by atoms with Crippen molar-refractivity contribution in [3.63, 3.8) is 0 Å². The van der Waals surface area contributed by atoms with Gasteiger partial charge in [0.15, 0.2) is 11.4 Å². The summed E-state index contributed by atoms with van der Waals surface area (Å²) in [6.45, 7) is 4.74. The smallest absolute Gasteiger partial charge is 0.354 e. The first-order valence-corrected chi connectivity index (χ1v) is 5.66. The van der Waals surface area contributed by atoms with Gasteiger partial charge >= 0.3 is 11.9 Å². The van der Waals surface area contributed by atoms with E-state index in [1.165, 1.54) is 12.1 Å². The number of carbonyl (C=O) groups is 2. The Balaban J connectivity index is 2.96. The summed E-state index contributed by atoms with van der Waals surface area (Å²) in [5.41, 5.74) is -0.0943. The summed E-state index contributed by atoms with van der Waals surface area (Å²) < 4.78 is 0. The molecule has 1 atom stereocenters. The van der Waals surface area contributed by atoms with Crippen molar-refractivity contribution < 1.29 is 19.8 Å². The summed E-state index contributed by atoms with van der Waals surface area (Å²) >= 11 is 0. The summed E-state index contributed by atoms with van der Waals surface area (Å²) in [5.74, 6) is -2.07. The van der Waals surface area contributed by atoms with Crippen LogP contribution in [0.1, 0.15) is 41.2 Å². The maximum absolute atomic E-state index is 10.8. The lowest BCUT2D eigenvalue weighted by Gasteiger charge is -2.12. The van der Waals surface area contributed by atoms with Gasteiger partial charge in [0.1, 0.15) is 0 Å². The molecule has 6 nitrogen and oxygen atoms in total. The zero-order chi connectivity index (χ0) is 13.7. The van der Waals surface area contributed by atoms with Gasteiger partial charge in [-0.15, -0.1) is 0 Å². The summed E-state index contributed by atoms with van der Waals surface area (Å²) in [6.07, 6.45) is 0.982. The normalized spacial score (nSPS) is 11.9. The van der Waals surface area contributed by atoms with E-state index in [0.717, 1.165) is 6.42 Å². The van der Waals surface area contributed by atoms with E-state index in [9.17, 15) is 9.59 Å². The fraction of sp³-hybridized carbons (Fsp3) is 0.417. The second-order valence-electron chi connectivity index (χ2n) is 4.13. The van der Waals surface area contributed by atoms with Crippen molar-refractivity contribution in [2.45, 2.75) is 20.3 Å². The summed E-state index contributed by atoms with van der Waals surface area (Å²) in [5, 5.41) is 20.7. The molecule has 1 rings (SSSR count). The van der Waals surface area contributed by atoms with E-state index in [4.69, 9.17) is 10.2 Å². The Morgan fingerprint density at radius 3 is 2.17 bits per heavy atom. The minimum atomic E-state index is -1.25. The van der Waals surface area contributed by atoms with Crippen molar-refractivity contribution in [1.82, 2.24) is 4.98 Å². The van der Waals surface area contributed by atoms with Gasteiger partial charge in [-0.25, -0.2) is 14.6 Å². The van der Waals surface area contributed by atoms with Gasteiger partial charge in [0.05, 0.1) is 0 Å². The molecule has 0 saturated carbocycles. The first kappa shape index (κ1) is 14.0. The molecule has 1 unspecified atom stereocenters. The number of hydrogen-bond donors (Lipinski definition) is 3. The van der Waals surface area contributed by atoms with E-state index in [0.29, 0.717) is 18.2 Å². The van der Waals surface area contributed by atoms with Crippen LogP contribution in [0.4, 0.5) is 5.69 Å². The standard InChI is InChI=1S/C12H16N2O4/c1-3-7(2)6-13-8-4-9(11(15)16)14-10(5-8)12(17)18/h4-5,7H,3,6H2,1-2H3,(H,13,14)(H,15,16)(H,17,18). The number of nitrogens with one attached hydrogen (secondary N) is 1. The molecule has 0 aliphatic heterocycles. The number of anilines is 1. The van der Waals surface area contributed by atoms with Crippen LogP contribution < -0.4 is 5.32 Å². The second kappa shape index (κ2) is 6.00. The largest absolute Gasteiger partial charge is 0.477 e. The quantitative estimate of drug-likeness (QED) is 0.715. The first-order chi connectivity index (χ1) is 8.43. The third-order valence-corrected chi connectivity index (χ3v) is 2.62. The van der Waals surface area contributed by atoms with E-state index < -0.39 is 11.9 Å². The minimum absolute atomic E-state index is 0.276. The third-order valence-electron chi connectivity index (χ3n) is 2.62. The van der Waals surface area contributed by atoms with Crippen molar-refractivity contribution in [2.75, 3.05) is 11.9 Å². The molecule has 98 valence electrons. The molecule has 3 N–H and O–H groups in total. The summed E-state index contributed by atoms with van der Waals surface area (Å²) in [4.78, 5) is 25.2. The van der Waals surface area contributed by atoms with Crippen LogP contribution in [0.2, 0.25) is 0 Å². The molecule has 0 aliphatic carbocycles. The summed E-state index contributed by atoms with van der Waals surface area (Å²) in [7, 11) is 0. The minimum Gasteiger partial charge on any atom is -0.477 e. The molecule has 0 aliphatic rings. The van der Waals surface area contributed by atoms with E-state index in [2.05, 4.69) is 10.3 Å². The molecule has 0 amide bonds. The Labute approximate surface area is 105 Å². The monoisotopic (exact) mass is 252 g/mol. The van der Waals surface area contributed by atoms with E-state index in [-0.39, 0.29) is 11.4 Å². The lowest BCUT2D eigenvalue weighted by molar-refractivity contribution is 0.0685. The van der Waals surface area contributed by atoms with Crippen LogP contribution in [-0.2, 0) is 0 Å². The SMILES string of the molecule is CCC(C)CNc1cc(C(=O)O)nc(C(=O)O)c1. The molecule has 6 heteroatoms. The van der Waals surface area contributed by atoms with Crippen LogP contribution in [0.5, 0.6) is 0 Å². The Bertz CT molecular complexity index is 427. The first-order valence-electron chi connectivity index (χ1n) is 5.66. The van der Waals surface area contributed by atoms with Gasteiger partial charge in [-0.05, 0) is 18.1 Å². The van der Waals surface area contributed by atoms with Crippen LogP contribution in [-0.4, -0.2) is 33.7 Å². The van der Waals surface area contributed by atoms with Gasteiger partial charge in [-0.3, -0.25) is 0 Å². The fourth-order valence-electron chi connectivity index (χ4n) is 1.29. The lowest BCUT2D eigenvalue weighted by Crippen LogP contribution is -2.13. The van der Waals surface area contributed by atoms with Gasteiger partial charge in [0.2, 0.25) is 0 Å². The number of aromatic nitrogens is 1. The van der Waals surface area contributed by atoms with Gasteiger partial charge in [-0.1, -0.05) is 20.3 Å². The molecule has 18 heavy (non-hydrogen) atoms. The van der Waals surface area contributed by atoms with Crippen molar-refractivity contribution in [1.29, 1.82) is 0 Å². The molecule has 0 aromatic carbocycles. The molecule has 0 fully saturated rings. The number of carboxylic acid groups (broad SMARTS) is 2. The van der Waals surface area contributed by atoms with Crippen molar-refractivity contribution in [2.24, 2.45) is 5.92 Å². The maximum Gasteiger partial charge on any atom is 0.354 e. The predicted octanol–water partition coefficient (Wildman–Crippen LogP) is 1.94. The number of aromatic carboxylic acids is 2. The zero-order valence-electron chi connectivity index (χ0n) is 10.3. The Morgan fingerprint density at radius 2 is 1.78 bits per heavy atom. The average Bonchev–Trinajstić information content (AvgIpc) is 2.35. The zero-order valence-corrected chi connectivity index (χ0v) is 10.3. The Hall–Kier alpha value is -2.11. The molecular weight excluding hydrogens is 236 g/mol. The van der Waals surface area contributed by atoms with Crippen molar-refractivity contribution in [3.05, 3.63) is 23.5 Å². The third kappa shape index (κ3) is 3.73. The van der Waals surface area contributed by atoms with Gasteiger partial charge in [0.25, 0.3) is 0 Å². The number of rotatable bonds is 6. The number of carboxylic acids is 2. The van der Waals surface area contributed by atoms with Crippen LogP contribution in [0.3, 0.4) is 0 Å². The van der Waals surface area contributed by atoms with E-state index in [1.807, 2.05) is 13.8 Å². The van der Waals surface area contributed by atoms with Gasteiger partial charge in [0, 0.05) is 12.2 Å². The topological polar surface area (TPSA) is 99.5 Å². The second-order valence-corrected chi connectivity index (χ2v) is 4.13. The van der Waals surface area contributed by atoms with E-state index in [1.54, 1.807) is 0 Å². The molecular formula is C12H16N2O4.